The van der Waals surface area contributed by atoms with Crippen molar-refractivity contribution < 1.29 is 14.3 Å². The summed E-state index contributed by atoms with van der Waals surface area (Å²) in [7, 11) is 1.67. The molecule has 2 aromatic carbocycles. The van der Waals surface area contributed by atoms with Gasteiger partial charge in [0.05, 0.1) is 26.7 Å². The van der Waals surface area contributed by atoms with Crippen LogP contribution in [0.2, 0.25) is 0 Å². The van der Waals surface area contributed by atoms with E-state index in [-0.39, 0.29) is 5.91 Å². The monoisotopic (exact) mass is 368 g/mol. The largest absolute Gasteiger partial charge is 0.497 e. The molecular weight excluding hydrogens is 340 g/mol. The first kappa shape index (κ1) is 19.2. The van der Waals surface area contributed by atoms with Crippen LogP contribution < -0.4 is 15.0 Å². The number of anilines is 1. The maximum atomic E-state index is 12.1. The van der Waals surface area contributed by atoms with Gasteiger partial charge >= 0.3 is 0 Å². The van der Waals surface area contributed by atoms with E-state index in [1.165, 1.54) is 11.3 Å². The second kappa shape index (κ2) is 9.97. The van der Waals surface area contributed by atoms with E-state index in [0.29, 0.717) is 13.0 Å². The van der Waals surface area contributed by atoms with E-state index in [2.05, 4.69) is 34.5 Å². The number of rotatable bonds is 8. The van der Waals surface area contributed by atoms with Gasteiger partial charge in [0.2, 0.25) is 5.91 Å². The number of amides is 1. The van der Waals surface area contributed by atoms with Gasteiger partial charge in [-0.05, 0) is 48.2 Å². The lowest BCUT2D eigenvalue weighted by molar-refractivity contribution is -0.120. The van der Waals surface area contributed by atoms with Crippen LogP contribution in [0, 0.1) is 0 Å². The van der Waals surface area contributed by atoms with Crippen molar-refractivity contribution in [3.63, 3.8) is 0 Å². The highest BCUT2D eigenvalue weighted by atomic mass is 16.5. The van der Waals surface area contributed by atoms with Crippen molar-refractivity contribution in [1.29, 1.82) is 0 Å². The summed E-state index contributed by atoms with van der Waals surface area (Å²) < 4.78 is 10.5. The molecule has 1 aliphatic heterocycles. The molecule has 27 heavy (non-hydrogen) atoms. The summed E-state index contributed by atoms with van der Waals surface area (Å²) in [6.45, 7) is 4.10. The van der Waals surface area contributed by atoms with Crippen molar-refractivity contribution in [1.82, 2.24) is 5.32 Å². The second-order valence-electron chi connectivity index (χ2n) is 6.74. The lowest BCUT2D eigenvalue weighted by Gasteiger charge is -2.28. The van der Waals surface area contributed by atoms with Crippen LogP contribution in [0.4, 0.5) is 5.69 Å². The van der Waals surface area contributed by atoms with E-state index in [9.17, 15) is 4.79 Å². The molecule has 1 N–H and O–H groups in total. The third kappa shape index (κ3) is 6.00. The molecule has 1 aliphatic rings. The number of morpholine rings is 1. The average Bonchev–Trinajstić information content (AvgIpc) is 2.73. The Morgan fingerprint density at radius 3 is 2.37 bits per heavy atom. The van der Waals surface area contributed by atoms with Crippen molar-refractivity contribution in [3.05, 3.63) is 59.7 Å². The number of hydrogen-bond donors (Lipinski definition) is 1. The predicted molar refractivity (Wildman–Crippen MR) is 108 cm³/mol. The molecule has 0 bridgehead atoms. The van der Waals surface area contributed by atoms with Crippen molar-refractivity contribution >= 4 is 11.6 Å². The second-order valence-corrected chi connectivity index (χ2v) is 6.74. The van der Waals surface area contributed by atoms with Gasteiger partial charge in [-0.15, -0.1) is 0 Å². The minimum Gasteiger partial charge on any atom is -0.497 e. The van der Waals surface area contributed by atoms with Crippen LogP contribution in [-0.4, -0.2) is 45.9 Å². The summed E-state index contributed by atoms with van der Waals surface area (Å²) in [6, 6.07) is 16.3. The molecule has 2 aromatic rings. The first-order valence-corrected chi connectivity index (χ1v) is 9.56. The summed E-state index contributed by atoms with van der Waals surface area (Å²) in [6.07, 6.45) is 2.29. The molecule has 0 atom stereocenters. The van der Waals surface area contributed by atoms with Gasteiger partial charge in [-0.25, -0.2) is 0 Å². The number of hydrogen-bond acceptors (Lipinski definition) is 4. The zero-order valence-corrected chi connectivity index (χ0v) is 15.9. The number of methoxy groups -OCH3 is 1. The Morgan fingerprint density at radius 2 is 1.70 bits per heavy atom. The van der Waals surface area contributed by atoms with E-state index in [1.807, 2.05) is 24.3 Å². The van der Waals surface area contributed by atoms with Crippen LogP contribution in [0.3, 0.4) is 0 Å². The third-order valence-electron chi connectivity index (χ3n) is 4.80. The maximum absolute atomic E-state index is 12.1. The Labute approximate surface area is 161 Å². The third-order valence-corrected chi connectivity index (χ3v) is 4.80. The Balaban J connectivity index is 1.37. The molecule has 0 aromatic heterocycles. The van der Waals surface area contributed by atoms with Crippen LogP contribution in [0.25, 0.3) is 0 Å². The van der Waals surface area contributed by atoms with E-state index < -0.39 is 0 Å². The summed E-state index contributed by atoms with van der Waals surface area (Å²) >= 11 is 0. The highest BCUT2D eigenvalue weighted by Gasteiger charge is 2.11. The topological polar surface area (TPSA) is 50.8 Å². The van der Waals surface area contributed by atoms with Gasteiger partial charge in [0, 0.05) is 25.3 Å². The summed E-state index contributed by atoms with van der Waals surface area (Å²) in [5.74, 6) is 0.940. The van der Waals surface area contributed by atoms with Gasteiger partial charge in [-0.2, -0.15) is 0 Å². The number of carbonyl (C=O) groups excluding carboxylic acids is 1. The molecule has 0 saturated carbocycles. The Morgan fingerprint density at radius 1 is 1.04 bits per heavy atom. The van der Waals surface area contributed by atoms with Crippen molar-refractivity contribution in [3.8, 4) is 5.75 Å². The molecule has 0 spiro atoms. The Hall–Kier alpha value is -2.53. The molecule has 5 nitrogen and oxygen atoms in total. The van der Waals surface area contributed by atoms with Gasteiger partial charge in [0.1, 0.15) is 5.75 Å². The number of aryl methyl sites for hydroxylation is 1. The smallest absolute Gasteiger partial charge is 0.224 e. The van der Waals surface area contributed by atoms with Gasteiger partial charge in [0.25, 0.3) is 0 Å². The minimum atomic E-state index is 0.0730. The van der Waals surface area contributed by atoms with E-state index >= 15 is 0 Å². The molecule has 144 valence electrons. The molecule has 3 rings (SSSR count). The van der Waals surface area contributed by atoms with Crippen molar-refractivity contribution in [2.24, 2.45) is 0 Å². The lowest BCUT2D eigenvalue weighted by Crippen LogP contribution is -2.36. The minimum absolute atomic E-state index is 0.0730. The molecule has 1 heterocycles. The number of carbonyl (C=O) groups is 1. The highest BCUT2D eigenvalue weighted by Crippen LogP contribution is 2.17. The maximum Gasteiger partial charge on any atom is 0.224 e. The van der Waals surface area contributed by atoms with Gasteiger partial charge in [-0.3, -0.25) is 4.79 Å². The van der Waals surface area contributed by atoms with Gasteiger partial charge in [0.15, 0.2) is 0 Å². The Bertz CT molecular complexity index is 707. The number of nitrogens with zero attached hydrogens (tertiary/aromatic N) is 1. The zero-order chi connectivity index (χ0) is 18.9. The fraction of sp³-hybridized carbons (Fsp3) is 0.409. The van der Waals surface area contributed by atoms with E-state index in [1.54, 1.807) is 7.11 Å². The van der Waals surface area contributed by atoms with Crippen LogP contribution in [0.15, 0.2) is 48.5 Å². The van der Waals surface area contributed by atoms with Crippen molar-refractivity contribution in [2.75, 3.05) is 44.9 Å². The first-order chi connectivity index (χ1) is 13.2. The number of benzene rings is 2. The molecule has 0 unspecified atom stereocenters. The lowest BCUT2D eigenvalue weighted by atomic mass is 10.1. The molecule has 1 saturated heterocycles. The molecule has 1 fully saturated rings. The average molecular weight is 368 g/mol. The highest BCUT2D eigenvalue weighted by molar-refractivity contribution is 5.78. The molecule has 0 radical (unpaired) electrons. The summed E-state index contributed by atoms with van der Waals surface area (Å²) in [5.41, 5.74) is 3.49. The molecule has 0 aliphatic carbocycles. The standard InChI is InChI=1S/C22H28N2O3/c1-26-21-10-6-18(7-11-21)3-2-12-23-22(25)17-19-4-8-20(9-5-19)24-13-15-27-16-14-24/h4-11H,2-3,12-17H2,1H3,(H,23,25). The SMILES string of the molecule is COc1ccc(CCCNC(=O)Cc2ccc(N3CCOCC3)cc2)cc1. The van der Waals surface area contributed by atoms with Crippen molar-refractivity contribution in [2.45, 2.75) is 19.3 Å². The van der Waals surface area contributed by atoms with Gasteiger partial charge in [-0.1, -0.05) is 24.3 Å². The quantitative estimate of drug-likeness (QED) is 0.728. The fourth-order valence-corrected chi connectivity index (χ4v) is 3.21. The van der Waals surface area contributed by atoms with Crippen LogP contribution in [0.5, 0.6) is 5.75 Å². The van der Waals surface area contributed by atoms with E-state index in [4.69, 9.17) is 9.47 Å². The normalized spacial score (nSPS) is 14.0. The number of ether oxygens (including phenoxy) is 2. The summed E-state index contributed by atoms with van der Waals surface area (Å²) in [4.78, 5) is 14.5. The van der Waals surface area contributed by atoms with Crippen LogP contribution >= 0.6 is 0 Å². The zero-order valence-electron chi connectivity index (χ0n) is 15.9. The van der Waals surface area contributed by atoms with Crippen LogP contribution in [-0.2, 0) is 22.4 Å². The Kier molecular flexibility index (Phi) is 7.11. The van der Waals surface area contributed by atoms with E-state index in [0.717, 1.165) is 50.5 Å². The van der Waals surface area contributed by atoms with Crippen LogP contribution in [0.1, 0.15) is 17.5 Å². The predicted octanol–water partition coefficient (Wildman–Crippen LogP) is 2.82. The molecular formula is C22H28N2O3. The fourth-order valence-electron chi connectivity index (χ4n) is 3.21. The molecule has 5 heteroatoms. The summed E-state index contributed by atoms with van der Waals surface area (Å²) in [5, 5.41) is 3.01. The molecule has 1 amide bonds. The van der Waals surface area contributed by atoms with Gasteiger partial charge < -0.3 is 19.7 Å². The first-order valence-electron chi connectivity index (χ1n) is 9.56. The number of nitrogens with one attached hydrogen (secondary N) is 1.